The van der Waals surface area contributed by atoms with E-state index in [-0.39, 0.29) is 12.5 Å². The molecule has 0 aromatic carbocycles. The Hall–Kier alpha value is -0.260. The zero-order valence-electron chi connectivity index (χ0n) is 10.3. The van der Waals surface area contributed by atoms with Gasteiger partial charge in [0.05, 0.1) is 6.61 Å². The number of hydrogen-bond acceptors (Lipinski definition) is 3. The van der Waals surface area contributed by atoms with Crippen LogP contribution in [0, 0.1) is 5.92 Å². The lowest BCUT2D eigenvalue weighted by Crippen LogP contribution is -2.29. The number of ether oxygens (including phenoxy) is 2. The molecule has 0 bridgehead atoms. The van der Waals surface area contributed by atoms with E-state index in [0.29, 0.717) is 6.42 Å². The zero-order valence-corrected chi connectivity index (χ0v) is 10.3. The smallest absolute Gasteiger partial charge is 0.352 e. The van der Waals surface area contributed by atoms with Crippen LogP contribution in [0.2, 0.25) is 0 Å². The van der Waals surface area contributed by atoms with Gasteiger partial charge in [0, 0.05) is 14.0 Å². The van der Waals surface area contributed by atoms with Crippen molar-refractivity contribution in [2.24, 2.45) is 11.7 Å². The minimum atomic E-state index is -3.07. The lowest BCUT2D eigenvalue weighted by Gasteiger charge is -2.22. The molecule has 0 aliphatic rings. The Labute approximate surface area is 96.3 Å². The summed E-state index contributed by atoms with van der Waals surface area (Å²) in [6, 6.07) is 0. The van der Waals surface area contributed by atoms with Crippen LogP contribution in [-0.4, -0.2) is 26.1 Å². The molecule has 0 amide bonds. The number of unbranched alkanes of at least 4 members (excludes halogenated alkanes) is 1. The SMILES string of the molecule is CCCCC(COC(C)(F)F)CC(N)OC. The van der Waals surface area contributed by atoms with E-state index in [1.165, 1.54) is 7.11 Å². The number of halogens is 2. The van der Waals surface area contributed by atoms with Crippen molar-refractivity contribution in [1.29, 1.82) is 0 Å². The van der Waals surface area contributed by atoms with E-state index in [1.807, 2.05) is 0 Å². The van der Waals surface area contributed by atoms with E-state index in [4.69, 9.17) is 10.5 Å². The highest BCUT2D eigenvalue weighted by molar-refractivity contribution is 4.63. The molecule has 3 nitrogen and oxygen atoms in total. The fourth-order valence-electron chi connectivity index (χ4n) is 1.45. The fourth-order valence-corrected chi connectivity index (χ4v) is 1.45. The molecule has 0 fully saturated rings. The molecular formula is C11H23F2NO2. The molecule has 16 heavy (non-hydrogen) atoms. The van der Waals surface area contributed by atoms with Gasteiger partial charge in [-0.15, -0.1) is 0 Å². The van der Waals surface area contributed by atoms with Gasteiger partial charge in [-0.05, 0) is 18.8 Å². The van der Waals surface area contributed by atoms with Crippen LogP contribution in [0.5, 0.6) is 0 Å². The van der Waals surface area contributed by atoms with Crippen molar-refractivity contribution in [3.05, 3.63) is 0 Å². The molecule has 2 atom stereocenters. The summed E-state index contributed by atoms with van der Waals surface area (Å²) in [6.07, 6.45) is -0.0744. The highest BCUT2D eigenvalue weighted by Crippen LogP contribution is 2.20. The van der Waals surface area contributed by atoms with E-state index in [2.05, 4.69) is 11.7 Å². The Morgan fingerprint density at radius 2 is 2.00 bits per heavy atom. The molecule has 0 aliphatic carbocycles. The third kappa shape index (κ3) is 9.00. The largest absolute Gasteiger partial charge is 0.367 e. The molecule has 0 heterocycles. The van der Waals surface area contributed by atoms with Gasteiger partial charge >= 0.3 is 6.11 Å². The highest BCUT2D eigenvalue weighted by Gasteiger charge is 2.24. The van der Waals surface area contributed by atoms with Gasteiger partial charge < -0.3 is 15.2 Å². The molecule has 0 aromatic rings. The van der Waals surface area contributed by atoms with Crippen LogP contribution < -0.4 is 5.73 Å². The number of alkyl halides is 2. The molecule has 0 saturated heterocycles. The Morgan fingerprint density at radius 1 is 1.38 bits per heavy atom. The van der Waals surface area contributed by atoms with Crippen LogP contribution >= 0.6 is 0 Å². The van der Waals surface area contributed by atoms with Gasteiger partial charge in [-0.3, -0.25) is 0 Å². The van der Waals surface area contributed by atoms with Crippen molar-refractivity contribution in [3.63, 3.8) is 0 Å². The highest BCUT2D eigenvalue weighted by atomic mass is 19.3. The first-order chi connectivity index (χ1) is 7.39. The van der Waals surface area contributed by atoms with Crippen molar-refractivity contribution in [2.45, 2.75) is 51.9 Å². The van der Waals surface area contributed by atoms with E-state index < -0.39 is 12.3 Å². The second-order valence-electron chi connectivity index (χ2n) is 4.14. The molecule has 0 aliphatic heterocycles. The average molecular weight is 239 g/mol. The van der Waals surface area contributed by atoms with Crippen LogP contribution in [0.4, 0.5) is 8.78 Å². The summed E-state index contributed by atoms with van der Waals surface area (Å²) in [5.41, 5.74) is 5.62. The fraction of sp³-hybridized carbons (Fsp3) is 1.00. The van der Waals surface area contributed by atoms with Gasteiger partial charge in [-0.25, -0.2) is 0 Å². The van der Waals surface area contributed by atoms with Gasteiger partial charge in [0.15, 0.2) is 0 Å². The second-order valence-corrected chi connectivity index (χ2v) is 4.14. The maximum absolute atomic E-state index is 12.5. The number of hydrogen-bond donors (Lipinski definition) is 1. The van der Waals surface area contributed by atoms with Gasteiger partial charge in [0.2, 0.25) is 0 Å². The maximum atomic E-state index is 12.5. The molecule has 0 saturated carbocycles. The monoisotopic (exact) mass is 239 g/mol. The van der Waals surface area contributed by atoms with Gasteiger partial charge in [0.25, 0.3) is 0 Å². The van der Waals surface area contributed by atoms with E-state index in [9.17, 15) is 8.78 Å². The Kier molecular flexibility index (Phi) is 7.80. The minimum Gasteiger partial charge on any atom is -0.367 e. The van der Waals surface area contributed by atoms with Gasteiger partial charge in [-0.2, -0.15) is 8.78 Å². The first-order valence-electron chi connectivity index (χ1n) is 5.69. The van der Waals surface area contributed by atoms with Crippen molar-refractivity contribution in [3.8, 4) is 0 Å². The number of methoxy groups -OCH3 is 1. The van der Waals surface area contributed by atoms with Crippen LogP contribution in [-0.2, 0) is 9.47 Å². The van der Waals surface area contributed by atoms with Crippen molar-refractivity contribution < 1.29 is 18.3 Å². The normalized spacial score (nSPS) is 16.1. The molecular weight excluding hydrogens is 216 g/mol. The Morgan fingerprint density at radius 3 is 2.44 bits per heavy atom. The minimum absolute atomic E-state index is 0.0283. The molecule has 2 unspecified atom stereocenters. The lowest BCUT2D eigenvalue weighted by atomic mass is 9.98. The second kappa shape index (κ2) is 7.92. The molecule has 0 radical (unpaired) electrons. The van der Waals surface area contributed by atoms with Crippen LogP contribution in [0.1, 0.15) is 39.5 Å². The lowest BCUT2D eigenvalue weighted by molar-refractivity contribution is -0.231. The molecule has 5 heteroatoms. The molecule has 98 valence electrons. The van der Waals surface area contributed by atoms with Crippen molar-refractivity contribution in [2.75, 3.05) is 13.7 Å². The molecule has 2 N–H and O–H groups in total. The zero-order chi connectivity index (χ0) is 12.6. The summed E-state index contributed by atoms with van der Waals surface area (Å²) >= 11 is 0. The van der Waals surface area contributed by atoms with E-state index >= 15 is 0 Å². The predicted octanol–water partition coefficient (Wildman–Crippen LogP) is 2.74. The average Bonchev–Trinajstić information content (AvgIpc) is 2.20. The molecule has 0 spiro atoms. The van der Waals surface area contributed by atoms with Crippen molar-refractivity contribution in [1.82, 2.24) is 0 Å². The summed E-state index contributed by atoms with van der Waals surface area (Å²) in [7, 11) is 1.51. The van der Waals surface area contributed by atoms with Crippen LogP contribution in [0.15, 0.2) is 0 Å². The maximum Gasteiger partial charge on any atom is 0.352 e. The summed E-state index contributed by atoms with van der Waals surface area (Å²) in [5.74, 6) is 0.0284. The third-order valence-electron chi connectivity index (χ3n) is 2.41. The predicted molar refractivity (Wildman–Crippen MR) is 59.2 cm³/mol. The summed E-state index contributed by atoms with van der Waals surface area (Å²) in [6.45, 7) is 2.84. The standard InChI is InChI=1S/C11H23F2NO2/c1-4-5-6-9(7-10(14)15-3)8-16-11(2,12)13/h9-10H,4-8,14H2,1-3H3. The number of rotatable bonds is 9. The number of nitrogens with two attached hydrogens (primary N) is 1. The molecule has 0 rings (SSSR count). The Bertz CT molecular complexity index is 174. The topological polar surface area (TPSA) is 44.5 Å². The van der Waals surface area contributed by atoms with E-state index in [1.54, 1.807) is 0 Å². The summed E-state index contributed by atoms with van der Waals surface area (Å²) in [4.78, 5) is 0. The summed E-state index contributed by atoms with van der Waals surface area (Å²) < 4.78 is 34.5. The Balaban J connectivity index is 3.99. The summed E-state index contributed by atoms with van der Waals surface area (Å²) in [5, 5.41) is 0. The molecule has 0 aromatic heterocycles. The van der Waals surface area contributed by atoms with Gasteiger partial charge in [-0.1, -0.05) is 19.8 Å². The van der Waals surface area contributed by atoms with Gasteiger partial charge in [0.1, 0.15) is 6.23 Å². The quantitative estimate of drug-likeness (QED) is 0.629. The van der Waals surface area contributed by atoms with Crippen molar-refractivity contribution >= 4 is 0 Å². The van der Waals surface area contributed by atoms with E-state index in [0.717, 1.165) is 26.2 Å². The van der Waals surface area contributed by atoms with Crippen LogP contribution in [0.3, 0.4) is 0 Å². The van der Waals surface area contributed by atoms with Crippen LogP contribution in [0.25, 0.3) is 0 Å². The third-order valence-corrected chi connectivity index (χ3v) is 2.41. The first kappa shape index (κ1) is 15.7. The first-order valence-corrected chi connectivity index (χ1v) is 5.69.